The third kappa shape index (κ3) is 4.13. The summed E-state index contributed by atoms with van der Waals surface area (Å²) in [7, 11) is 0.913. The van der Waals surface area contributed by atoms with Crippen LogP contribution >= 0.6 is 31.9 Å². The lowest BCUT2D eigenvalue weighted by molar-refractivity contribution is 0.0992. The van der Waals surface area contributed by atoms with Crippen molar-refractivity contribution in [3.05, 3.63) is 56.5 Å². The maximum absolute atomic E-state index is 12.8. The van der Waals surface area contributed by atoms with Crippen molar-refractivity contribution in [2.45, 2.75) is 11.8 Å². The van der Waals surface area contributed by atoms with Gasteiger partial charge in [-0.25, -0.2) is 12.7 Å². The molecule has 0 atom stereocenters. The average molecular weight is 490 g/mol. The van der Waals surface area contributed by atoms with Gasteiger partial charge < -0.3 is 4.90 Å². The van der Waals surface area contributed by atoms with Crippen molar-refractivity contribution >= 4 is 53.5 Å². The van der Waals surface area contributed by atoms with Crippen LogP contribution in [0, 0.1) is 6.92 Å². The maximum atomic E-state index is 12.8. The molecule has 5 nitrogen and oxygen atoms in total. The van der Waals surface area contributed by atoms with E-state index in [1.165, 1.54) is 25.1 Å². The zero-order valence-corrected chi connectivity index (χ0v) is 18.2. The summed E-state index contributed by atoms with van der Waals surface area (Å²) in [6.45, 7) is 1.91. The number of hydrogen-bond donors (Lipinski definition) is 0. The summed E-state index contributed by atoms with van der Waals surface area (Å²) in [4.78, 5) is 14.4. The van der Waals surface area contributed by atoms with Crippen molar-refractivity contribution in [1.82, 2.24) is 4.31 Å². The molecule has 2 aromatic rings. The van der Waals surface area contributed by atoms with Gasteiger partial charge in [-0.15, -0.1) is 0 Å². The number of amides is 1. The number of carbonyl (C=O) groups is 1. The lowest BCUT2D eigenvalue weighted by Gasteiger charge is -2.21. The number of benzene rings is 2. The number of rotatable bonds is 4. The van der Waals surface area contributed by atoms with Crippen LogP contribution in [-0.4, -0.2) is 39.8 Å². The second kappa shape index (κ2) is 7.57. The van der Waals surface area contributed by atoms with Crippen molar-refractivity contribution in [1.29, 1.82) is 0 Å². The number of sulfonamides is 1. The zero-order chi connectivity index (χ0) is 18.9. The van der Waals surface area contributed by atoms with Gasteiger partial charge in [0.25, 0.3) is 5.91 Å². The molecule has 2 aromatic carbocycles. The van der Waals surface area contributed by atoms with E-state index in [9.17, 15) is 13.2 Å². The van der Waals surface area contributed by atoms with Gasteiger partial charge in [-0.05, 0) is 64.8 Å². The van der Waals surface area contributed by atoms with Crippen molar-refractivity contribution in [2.75, 3.05) is 26.0 Å². The Morgan fingerprint density at radius 2 is 1.64 bits per heavy atom. The molecule has 0 spiro atoms. The quantitative estimate of drug-likeness (QED) is 0.651. The predicted octanol–water partition coefficient (Wildman–Crippen LogP) is 4.05. The molecule has 0 saturated heterocycles. The SMILES string of the molecule is Cc1cc(Br)ccc1N(C)C(=O)c1ccc(Br)c(S(=O)(=O)N(C)C)c1. The van der Waals surface area contributed by atoms with Crippen LogP contribution in [-0.2, 0) is 10.0 Å². The minimum atomic E-state index is -3.66. The van der Waals surface area contributed by atoms with E-state index in [0.717, 1.165) is 20.0 Å². The van der Waals surface area contributed by atoms with Crippen LogP contribution in [0.25, 0.3) is 0 Å². The molecular formula is C17H18Br2N2O3S. The monoisotopic (exact) mass is 488 g/mol. The minimum Gasteiger partial charge on any atom is -0.311 e. The lowest BCUT2D eigenvalue weighted by atomic mass is 10.1. The molecule has 25 heavy (non-hydrogen) atoms. The van der Waals surface area contributed by atoms with E-state index in [4.69, 9.17) is 0 Å². The molecule has 0 unspecified atom stereocenters. The summed E-state index contributed by atoms with van der Waals surface area (Å²) >= 11 is 6.65. The van der Waals surface area contributed by atoms with Crippen LogP contribution < -0.4 is 4.90 Å². The molecule has 0 aliphatic carbocycles. The van der Waals surface area contributed by atoms with E-state index in [-0.39, 0.29) is 10.8 Å². The van der Waals surface area contributed by atoms with Crippen LogP contribution in [0.5, 0.6) is 0 Å². The van der Waals surface area contributed by atoms with Gasteiger partial charge >= 0.3 is 0 Å². The van der Waals surface area contributed by atoms with Gasteiger partial charge in [-0.3, -0.25) is 4.79 Å². The number of halogens is 2. The fourth-order valence-corrected chi connectivity index (χ4v) is 4.65. The number of aryl methyl sites for hydroxylation is 1. The Morgan fingerprint density at radius 3 is 2.20 bits per heavy atom. The third-order valence-electron chi connectivity index (χ3n) is 3.76. The van der Waals surface area contributed by atoms with Crippen molar-refractivity contribution in [3.8, 4) is 0 Å². The highest BCUT2D eigenvalue weighted by atomic mass is 79.9. The summed E-state index contributed by atoms with van der Waals surface area (Å²) in [5, 5.41) is 0. The van der Waals surface area contributed by atoms with Crippen LogP contribution in [0.2, 0.25) is 0 Å². The fourth-order valence-electron chi connectivity index (χ4n) is 2.33. The van der Waals surface area contributed by atoms with E-state index >= 15 is 0 Å². The molecule has 1 amide bonds. The smallest absolute Gasteiger partial charge is 0.258 e. The second-order valence-electron chi connectivity index (χ2n) is 5.73. The normalized spacial score (nSPS) is 11.6. The summed E-state index contributed by atoms with van der Waals surface area (Å²) in [5.74, 6) is -0.284. The highest BCUT2D eigenvalue weighted by Gasteiger charge is 2.23. The van der Waals surface area contributed by atoms with E-state index in [0.29, 0.717) is 10.0 Å². The first-order valence-electron chi connectivity index (χ1n) is 7.32. The summed E-state index contributed by atoms with van der Waals surface area (Å²) in [5.41, 5.74) is 1.99. The molecule has 0 N–H and O–H groups in total. The maximum Gasteiger partial charge on any atom is 0.258 e. The van der Waals surface area contributed by atoms with E-state index in [1.54, 1.807) is 19.2 Å². The Hall–Kier alpha value is -1.22. The number of nitrogens with zero attached hydrogens (tertiary/aromatic N) is 2. The molecule has 0 saturated carbocycles. The Kier molecular flexibility index (Phi) is 6.09. The molecule has 0 aliphatic heterocycles. The Labute approximate surface area is 164 Å². The Bertz CT molecular complexity index is 927. The standard InChI is InChI=1S/C17H18Br2N2O3S/c1-11-9-13(18)6-8-15(11)21(4)17(22)12-5-7-14(19)16(10-12)25(23,24)20(2)3/h5-10H,1-4H3. The molecule has 0 aromatic heterocycles. The fraction of sp³-hybridized carbons (Fsp3) is 0.235. The first-order valence-corrected chi connectivity index (χ1v) is 10.3. The molecule has 2 rings (SSSR count). The highest BCUT2D eigenvalue weighted by Crippen LogP contribution is 2.28. The molecule has 8 heteroatoms. The van der Waals surface area contributed by atoms with Crippen LogP contribution in [0.1, 0.15) is 15.9 Å². The molecule has 0 aliphatic rings. The predicted molar refractivity (Wildman–Crippen MR) is 107 cm³/mol. The highest BCUT2D eigenvalue weighted by molar-refractivity contribution is 9.10. The van der Waals surface area contributed by atoms with Crippen LogP contribution in [0.3, 0.4) is 0 Å². The van der Waals surface area contributed by atoms with E-state index in [1.807, 2.05) is 25.1 Å². The van der Waals surface area contributed by atoms with Gasteiger partial charge in [-0.1, -0.05) is 15.9 Å². The van der Waals surface area contributed by atoms with E-state index < -0.39 is 10.0 Å². The molecule has 0 heterocycles. The van der Waals surface area contributed by atoms with Gasteiger partial charge in [0.15, 0.2) is 0 Å². The average Bonchev–Trinajstić information content (AvgIpc) is 2.53. The molecule has 0 bridgehead atoms. The largest absolute Gasteiger partial charge is 0.311 e. The molecule has 0 radical (unpaired) electrons. The van der Waals surface area contributed by atoms with Gasteiger partial charge in [0.1, 0.15) is 0 Å². The molecular weight excluding hydrogens is 472 g/mol. The number of hydrogen-bond acceptors (Lipinski definition) is 3. The van der Waals surface area contributed by atoms with Crippen LogP contribution in [0.15, 0.2) is 50.2 Å². The van der Waals surface area contributed by atoms with Crippen molar-refractivity contribution < 1.29 is 13.2 Å². The Morgan fingerprint density at radius 1 is 1.00 bits per heavy atom. The third-order valence-corrected chi connectivity index (χ3v) is 7.06. The lowest BCUT2D eigenvalue weighted by Crippen LogP contribution is -2.28. The summed E-state index contributed by atoms with van der Waals surface area (Å²) in [6.07, 6.45) is 0. The minimum absolute atomic E-state index is 0.0595. The van der Waals surface area contributed by atoms with E-state index in [2.05, 4.69) is 31.9 Å². The number of carbonyl (C=O) groups excluding carboxylic acids is 1. The summed E-state index contributed by atoms with van der Waals surface area (Å²) < 4.78 is 27.3. The van der Waals surface area contributed by atoms with Crippen molar-refractivity contribution in [2.24, 2.45) is 0 Å². The first kappa shape index (κ1) is 20.1. The van der Waals surface area contributed by atoms with Gasteiger partial charge in [0, 0.05) is 41.3 Å². The summed E-state index contributed by atoms with van der Waals surface area (Å²) in [6, 6.07) is 10.2. The molecule has 134 valence electrons. The second-order valence-corrected chi connectivity index (χ2v) is 9.62. The van der Waals surface area contributed by atoms with Crippen LogP contribution in [0.4, 0.5) is 5.69 Å². The molecule has 0 fully saturated rings. The Balaban J connectivity index is 2.47. The number of anilines is 1. The van der Waals surface area contributed by atoms with Gasteiger partial charge in [-0.2, -0.15) is 0 Å². The topological polar surface area (TPSA) is 57.7 Å². The van der Waals surface area contributed by atoms with Crippen molar-refractivity contribution in [3.63, 3.8) is 0 Å². The first-order chi connectivity index (χ1) is 11.6. The van der Waals surface area contributed by atoms with Gasteiger partial charge in [0.05, 0.1) is 4.90 Å². The zero-order valence-electron chi connectivity index (χ0n) is 14.2. The van der Waals surface area contributed by atoms with Gasteiger partial charge in [0.2, 0.25) is 10.0 Å².